The normalized spacial score (nSPS) is 22.7. The summed E-state index contributed by atoms with van der Waals surface area (Å²) < 4.78 is 0. The van der Waals surface area contributed by atoms with E-state index in [4.69, 9.17) is 10.2 Å². The van der Waals surface area contributed by atoms with Crippen LogP contribution in [0.3, 0.4) is 0 Å². The number of aliphatic hydroxyl groups is 1. The average molecular weight is 180 g/mol. The topological polar surface area (TPSA) is 57.5 Å². The minimum Gasteiger partial charge on any atom is -0.508 e. The second kappa shape index (κ2) is 3.94. The van der Waals surface area contributed by atoms with Gasteiger partial charge in [0.15, 0.2) is 0 Å². The third kappa shape index (κ3) is 2.78. The number of carbonyl (C=O) groups is 1. The Hall–Kier alpha value is -1.51. The number of hydrogen-bond acceptors (Lipinski definition) is 2. The first-order valence-corrected chi connectivity index (χ1v) is 4.08. The van der Waals surface area contributed by atoms with Crippen molar-refractivity contribution in [3.8, 4) is 0 Å². The summed E-state index contributed by atoms with van der Waals surface area (Å²) in [5, 5.41) is 17.6. The van der Waals surface area contributed by atoms with Crippen LogP contribution >= 0.6 is 0 Å². The predicted molar refractivity (Wildman–Crippen MR) is 49.4 cm³/mol. The van der Waals surface area contributed by atoms with Crippen molar-refractivity contribution in [3.05, 3.63) is 35.6 Å². The predicted octanol–water partition coefficient (Wildman–Crippen LogP) is 2.04. The zero-order chi connectivity index (χ0) is 9.84. The third-order valence-corrected chi connectivity index (χ3v) is 1.91. The minimum atomic E-state index is -0.896. The van der Waals surface area contributed by atoms with Crippen molar-refractivity contribution in [2.24, 2.45) is 5.92 Å². The molecule has 0 saturated carbocycles. The van der Waals surface area contributed by atoms with E-state index in [-0.39, 0.29) is 11.7 Å². The molecule has 1 rings (SSSR count). The van der Waals surface area contributed by atoms with Gasteiger partial charge in [0.05, 0.1) is 0 Å². The summed E-state index contributed by atoms with van der Waals surface area (Å²) in [5.41, 5.74) is 0.337. The standard InChI is InChI=1S/C10H12O3/c1-7(10(12)13)6-8-2-4-9(11)5-3-8/h2,4-6,8,11H,3H2,1H3,(H,12,13). The molecule has 1 unspecified atom stereocenters. The Morgan fingerprint density at radius 1 is 1.69 bits per heavy atom. The number of carboxylic acid groups (broad SMARTS) is 1. The summed E-state index contributed by atoms with van der Waals surface area (Å²) in [6.07, 6.45) is 7.40. The third-order valence-electron chi connectivity index (χ3n) is 1.91. The number of aliphatic hydroxyl groups excluding tert-OH is 1. The van der Waals surface area contributed by atoms with Gasteiger partial charge in [-0.25, -0.2) is 4.79 Å². The van der Waals surface area contributed by atoms with Gasteiger partial charge < -0.3 is 10.2 Å². The Bertz CT molecular complexity index is 297. The average Bonchev–Trinajstić information content (AvgIpc) is 2.08. The van der Waals surface area contributed by atoms with Gasteiger partial charge in [-0.1, -0.05) is 12.2 Å². The summed E-state index contributed by atoms with van der Waals surface area (Å²) in [6.45, 7) is 1.56. The van der Waals surface area contributed by atoms with Crippen LogP contribution in [-0.2, 0) is 4.79 Å². The van der Waals surface area contributed by atoms with Crippen LogP contribution in [0.2, 0.25) is 0 Å². The van der Waals surface area contributed by atoms with Crippen LogP contribution in [0.15, 0.2) is 35.6 Å². The lowest BCUT2D eigenvalue weighted by Crippen LogP contribution is -2.02. The zero-order valence-electron chi connectivity index (χ0n) is 7.40. The van der Waals surface area contributed by atoms with E-state index < -0.39 is 5.97 Å². The van der Waals surface area contributed by atoms with E-state index in [1.807, 2.05) is 0 Å². The summed E-state index contributed by atoms with van der Waals surface area (Å²) in [7, 11) is 0. The molecule has 3 nitrogen and oxygen atoms in total. The second-order valence-electron chi connectivity index (χ2n) is 3.04. The fraction of sp³-hybridized carbons (Fsp3) is 0.300. The van der Waals surface area contributed by atoms with Crippen LogP contribution in [-0.4, -0.2) is 16.2 Å². The van der Waals surface area contributed by atoms with Gasteiger partial charge in [-0.2, -0.15) is 0 Å². The molecular formula is C10H12O3. The molecule has 0 aliphatic heterocycles. The molecule has 2 N–H and O–H groups in total. The van der Waals surface area contributed by atoms with Gasteiger partial charge in [0, 0.05) is 5.57 Å². The molecule has 1 atom stereocenters. The van der Waals surface area contributed by atoms with E-state index in [1.165, 1.54) is 0 Å². The van der Waals surface area contributed by atoms with Crippen LogP contribution in [0.25, 0.3) is 0 Å². The summed E-state index contributed by atoms with van der Waals surface area (Å²) in [4.78, 5) is 10.5. The monoisotopic (exact) mass is 180 g/mol. The molecule has 13 heavy (non-hydrogen) atoms. The SMILES string of the molecule is CC(=CC1C=CC(O)=CC1)C(=O)O. The zero-order valence-corrected chi connectivity index (χ0v) is 7.40. The van der Waals surface area contributed by atoms with Gasteiger partial charge in [0.2, 0.25) is 0 Å². The van der Waals surface area contributed by atoms with Crippen molar-refractivity contribution in [1.82, 2.24) is 0 Å². The highest BCUT2D eigenvalue weighted by Crippen LogP contribution is 2.17. The molecular weight excluding hydrogens is 168 g/mol. The minimum absolute atomic E-state index is 0.0898. The van der Waals surface area contributed by atoms with Crippen molar-refractivity contribution < 1.29 is 15.0 Å². The first-order chi connectivity index (χ1) is 6.09. The molecule has 0 spiro atoms. The lowest BCUT2D eigenvalue weighted by Gasteiger charge is -2.09. The lowest BCUT2D eigenvalue weighted by molar-refractivity contribution is -0.132. The van der Waals surface area contributed by atoms with Gasteiger partial charge >= 0.3 is 5.97 Å². The number of allylic oxidation sites excluding steroid dienone is 4. The molecule has 70 valence electrons. The maximum Gasteiger partial charge on any atom is 0.330 e. The van der Waals surface area contributed by atoms with Crippen molar-refractivity contribution in [2.45, 2.75) is 13.3 Å². The number of carboxylic acids is 1. The molecule has 0 bridgehead atoms. The molecule has 0 aromatic rings. The Kier molecular flexibility index (Phi) is 2.90. The molecule has 3 heteroatoms. The molecule has 1 aliphatic carbocycles. The fourth-order valence-corrected chi connectivity index (χ4v) is 1.14. The molecule has 0 aromatic carbocycles. The maximum absolute atomic E-state index is 10.5. The highest BCUT2D eigenvalue weighted by Gasteiger charge is 2.08. The number of hydrogen-bond donors (Lipinski definition) is 2. The van der Waals surface area contributed by atoms with E-state index >= 15 is 0 Å². The summed E-state index contributed by atoms with van der Waals surface area (Å²) >= 11 is 0. The molecule has 0 fully saturated rings. The Morgan fingerprint density at radius 2 is 2.38 bits per heavy atom. The van der Waals surface area contributed by atoms with Crippen molar-refractivity contribution in [3.63, 3.8) is 0 Å². The van der Waals surface area contributed by atoms with E-state index in [2.05, 4.69) is 0 Å². The van der Waals surface area contributed by atoms with Gasteiger partial charge in [-0.05, 0) is 31.4 Å². The van der Waals surface area contributed by atoms with Gasteiger partial charge in [0.1, 0.15) is 5.76 Å². The van der Waals surface area contributed by atoms with Crippen LogP contribution < -0.4 is 0 Å². The van der Waals surface area contributed by atoms with Gasteiger partial charge in [-0.3, -0.25) is 0 Å². The molecule has 0 aromatic heterocycles. The molecule has 0 saturated heterocycles. The first-order valence-electron chi connectivity index (χ1n) is 4.08. The van der Waals surface area contributed by atoms with Crippen molar-refractivity contribution >= 4 is 5.97 Å². The summed E-state index contributed by atoms with van der Waals surface area (Å²) in [6, 6.07) is 0. The van der Waals surface area contributed by atoms with E-state index in [0.29, 0.717) is 12.0 Å². The second-order valence-corrected chi connectivity index (χ2v) is 3.04. The lowest BCUT2D eigenvalue weighted by atomic mass is 9.98. The Morgan fingerprint density at radius 3 is 2.85 bits per heavy atom. The van der Waals surface area contributed by atoms with E-state index in [1.54, 1.807) is 31.2 Å². The molecule has 0 heterocycles. The number of rotatable bonds is 2. The Balaban J connectivity index is 2.63. The Labute approximate surface area is 76.7 Å². The van der Waals surface area contributed by atoms with Crippen LogP contribution in [0, 0.1) is 5.92 Å². The smallest absolute Gasteiger partial charge is 0.330 e. The van der Waals surface area contributed by atoms with Crippen LogP contribution in [0.5, 0.6) is 0 Å². The molecule has 0 amide bonds. The van der Waals surface area contributed by atoms with Crippen LogP contribution in [0.4, 0.5) is 0 Å². The highest BCUT2D eigenvalue weighted by atomic mass is 16.4. The molecule has 1 aliphatic rings. The first kappa shape index (κ1) is 9.58. The maximum atomic E-state index is 10.5. The van der Waals surface area contributed by atoms with Crippen molar-refractivity contribution in [2.75, 3.05) is 0 Å². The number of aliphatic carboxylic acids is 1. The van der Waals surface area contributed by atoms with E-state index in [0.717, 1.165) is 0 Å². The fourth-order valence-electron chi connectivity index (χ4n) is 1.14. The van der Waals surface area contributed by atoms with Gasteiger partial charge in [-0.15, -0.1) is 0 Å². The molecule has 0 radical (unpaired) electrons. The van der Waals surface area contributed by atoms with Crippen molar-refractivity contribution in [1.29, 1.82) is 0 Å². The largest absolute Gasteiger partial charge is 0.508 e. The van der Waals surface area contributed by atoms with Gasteiger partial charge in [0.25, 0.3) is 0 Å². The van der Waals surface area contributed by atoms with Crippen LogP contribution in [0.1, 0.15) is 13.3 Å². The highest BCUT2D eigenvalue weighted by molar-refractivity contribution is 5.85. The summed E-state index contributed by atoms with van der Waals surface area (Å²) in [5.74, 6) is -0.559. The van der Waals surface area contributed by atoms with E-state index in [9.17, 15) is 4.79 Å². The quantitative estimate of drug-likeness (QED) is 0.639.